The first kappa shape index (κ1) is 24.4. The first-order valence-electron chi connectivity index (χ1n) is 11.4. The Labute approximate surface area is 185 Å². The Balaban J connectivity index is 1.66. The molecule has 0 spiro atoms. The Hall–Kier alpha value is -1.22. The highest BCUT2D eigenvalue weighted by Crippen LogP contribution is 2.37. The summed E-state index contributed by atoms with van der Waals surface area (Å²) in [5.74, 6) is 0.654. The van der Waals surface area contributed by atoms with Gasteiger partial charge in [0.05, 0.1) is 38.1 Å². The van der Waals surface area contributed by atoms with E-state index in [4.69, 9.17) is 18.9 Å². The Morgan fingerprint density at radius 3 is 2.19 bits per heavy atom. The summed E-state index contributed by atoms with van der Waals surface area (Å²) in [6.07, 6.45) is -3.32. The molecule has 10 unspecified atom stereocenters. The number of methoxy groups -OCH3 is 1. The predicted octanol–water partition coefficient (Wildman–Crippen LogP) is 2.50. The summed E-state index contributed by atoms with van der Waals surface area (Å²) >= 11 is 0. The van der Waals surface area contributed by atoms with Gasteiger partial charge >= 0.3 is 0 Å². The van der Waals surface area contributed by atoms with Crippen LogP contribution in [0.5, 0.6) is 5.75 Å². The first-order valence-corrected chi connectivity index (χ1v) is 11.4. The maximum absolute atomic E-state index is 11.2. The number of aliphatic hydroxyl groups is 3. The third kappa shape index (κ3) is 5.41. The van der Waals surface area contributed by atoms with Gasteiger partial charge in [0.1, 0.15) is 18.0 Å². The molecule has 3 N–H and O–H groups in total. The van der Waals surface area contributed by atoms with Gasteiger partial charge in [-0.2, -0.15) is 0 Å². The second kappa shape index (κ2) is 10.6. The van der Waals surface area contributed by atoms with Crippen molar-refractivity contribution in [1.29, 1.82) is 0 Å². The van der Waals surface area contributed by atoms with Gasteiger partial charge in [0.2, 0.25) is 0 Å². The molecule has 0 amide bonds. The number of rotatable bonds is 7. The Morgan fingerprint density at radius 1 is 0.935 bits per heavy atom. The van der Waals surface area contributed by atoms with Gasteiger partial charge in [-0.1, -0.05) is 39.8 Å². The van der Waals surface area contributed by atoms with Crippen LogP contribution in [-0.2, 0) is 20.8 Å². The van der Waals surface area contributed by atoms with E-state index in [-0.39, 0.29) is 17.9 Å². The molecule has 1 aromatic rings. The molecule has 1 saturated heterocycles. The summed E-state index contributed by atoms with van der Waals surface area (Å²) in [7, 11) is 1.63. The van der Waals surface area contributed by atoms with E-state index < -0.39 is 42.7 Å². The molecule has 7 heteroatoms. The number of aliphatic hydroxyl groups excluding tert-OH is 3. The Bertz CT molecular complexity index is 679. The lowest BCUT2D eigenvalue weighted by atomic mass is 9.77. The van der Waals surface area contributed by atoms with Crippen LogP contribution in [0.2, 0.25) is 0 Å². The standard InChI is InChI=1S/C24H38O7/c1-6-18-20(26)19(25)15(4)24(30-18)31-23-14(3)11-13(2)22(21(23)27)29-12-16-7-9-17(28-5)10-8-16/h7-10,13-15,18-27H,6,11-12H2,1-5H3. The molecule has 1 heterocycles. The van der Waals surface area contributed by atoms with Crippen LogP contribution in [0.4, 0.5) is 0 Å². The van der Waals surface area contributed by atoms with Crippen molar-refractivity contribution < 1.29 is 34.3 Å². The van der Waals surface area contributed by atoms with Gasteiger partial charge in [0, 0.05) is 5.92 Å². The van der Waals surface area contributed by atoms with Crippen molar-refractivity contribution >= 4 is 0 Å². The largest absolute Gasteiger partial charge is 0.497 e. The zero-order valence-electron chi connectivity index (χ0n) is 19.2. The van der Waals surface area contributed by atoms with Gasteiger partial charge in [-0.05, 0) is 42.4 Å². The van der Waals surface area contributed by atoms with Crippen molar-refractivity contribution in [1.82, 2.24) is 0 Å². The molecule has 0 bridgehead atoms. The van der Waals surface area contributed by atoms with Crippen LogP contribution < -0.4 is 4.74 Å². The lowest BCUT2D eigenvalue weighted by Crippen LogP contribution is -2.58. The van der Waals surface area contributed by atoms with Crippen molar-refractivity contribution in [2.75, 3.05) is 7.11 Å². The molecule has 31 heavy (non-hydrogen) atoms. The summed E-state index contributed by atoms with van der Waals surface area (Å²) in [4.78, 5) is 0. The van der Waals surface area contributed by atoms with E-state index in [0.29, 0.717) is 13.0 Å². The summed E-state index contributed by atoms with van der Waals surface area (Å²) in [5.41, 5.74) is 1.00. The van der Waals surface area contributed by atoms with Crippen molar-refractivity contribution in [3.8, 4) is 5.75 Å². The van der Waals surface area contributed by atoms with E-state index in [0.717, 1.165) is 17.7 Å². The number of hydrogen-bond donors (Lipinski definition) is 3. The van der Waals surface area contributed by atoms with E-state index in [1.165, 1.54) is 0 Å². The molecule has 1 aliphatic carbocycles. The fraction of sp³-hybridized carbons (Fsp3) is 0.750. The smallest absolute Gasteiger partial charge is 0.163 e. The molecule has 1 aliphatic heterocycles. The summed E-state index contributed by atoms with van der Waals surface area (Å²) < 4.78 is 23.5. The number of benzene rings is 1. The van der Waals surface area contributed by atoms with Crippen LogP contribution in [0, 0.1) is 17.8 Å². The lowest BCUT2D eigenvalue weighted by Gasteiger charge is -2.47. The molecule has 2 aliphatic rings. The van der Waals surface area contributed by atoms with Crippen LogP contribution in [0.3, 0.4) is 0 Å². The minimum atomic E-state index is -0.936. The fourth-order valence-electron chi connectivity index (χ4n) is 4.82. The highest BCUT2D eigenvalue weighted by atomic mass is 16.7. The van der Waals surface area contributed by atoms with E-state index >= 15 is 0 Å². The zero-order valence-corrected chi connectivity index (χ0v) is 19.2. The summed E-state index contributed by atoms with van der Waals surface area (Å²) in [5, 5.41) is 31.8. The van der Waals surface area contributed by atoms with Gasteiger partial charge in [-0.25, -0.2) is 0 Å². The molecule has 176 valence electrons. The Morgan fingerprint density at radius 2 is 1.58 bits per heavy atom. The highest BCUT2D eigenvalue weighted by molar-refractivity contribution is 5.26. The van der Waals surface area contributed by atoms with Gasteiger partial charge in [0.25, 0.3) is 0 Å². The second-order valence-electron chi connectivity index (χ2n) is 9.20. The number of hydrogen-bond acceptors (Lipinski definition) is 7. The molecule has 7 nitrogen and oxygen atoms in total. The average Bonchev–Trinajstić information content (AvgIpc) is 2.76. The highest BCUT2D eigenvalue weighted by Gasteiger charge is 2.47. The molecular weight excluding hydrogens is 400 g/mol. The van der Waals surface area contributed by atoms with Crippen LogP contribution in [-0.4, -0.2) is 65.3 Å². The van der Waals surface area contributed by atoms with Crippen LogP contribution in [0.15, 0.2) is 24.3 Å². The van der Waals surface area contributed by atoms with Crippen LogP contribution >= 0.6 is 0 Å². The van der Waals surface area contributed by atoms with Crippen LogP contribution in [0.25, 0.3) is 0 Å². The Kier molecular flexibility index (Phi) is 8.35. The summed E-state index contributed by atoms with van der Waals surface area (Å²) in [6, 6.07) is 7.67. The minimum Gasteiger partial charge on any atom is -0.497 e. The lowest BCUT2D eigenvalue weighted by molar-refractivity contribution is -0.311. The molecule has 0 aromatic heterocycles. The topological polar surface area (TPSA) is 97.6 Å². The van der Waals surface area contributed by atoms with Crippen molar-refractivity contribution in [3.63, 3.8) is 0 Å². The van der Waals surface area contributed by atoms with Gasteiger partial charge < -0.3 is 34.3 Å². The molecule has 3 rings (SSSR count). The maximum Gasteiger partial charge on any atom is 0.163 e. The zero-order chi connectivity index (χ0) is 22.7. The van der Waals surface area contributed by atoms with Gasteiger partial charge in [-0.15, -0.1) is 0 Å². The third-order valence-electron chi connectivity index (χ3n) is 6.84. The van der Waals surface area contributed by atoms with Gasteiger partial charge in [-0.3, -0.25) is 0 Å². The minimum absolute atomic E-state index is 0.103. The molecule has 1 saturated carbocycles. The average molecular weight is 439 g/mol. The number of ether oxygens (including phenoxy) is 4. The predicted molar refractivity (Wildman–Crippen MR) is 116 cm³/mol. The maximum atomic E-state index is 11.2. The SMILES string of the molecule is CCC1OC(OC2C(C)CC(C)C(OCc3ccc(OC)cc3)C2O)C(C)C(O)C1O. The monoisotopic (exact) mass is 438 g/mol. The quantitative estimate of drug-likeness (QED) is 0.602. The summed E-state index contributed by atoms with van der Waals surface area (Å²) in [6.45, 7) is 8.22. The van der Waals surface area contributed by atoms with E-state index in [1.54, 1.807) is 14.0 Å². The van der Waals surface area contributed by atoms with Crippen molar-refractivity contribution in [3.05, 3.63) is 29.8 Å². The molecular formula is C24H38O7. The van der Waals surface area contributed by atoms with Crippen molar-refractivity contribution in [2.24, 2.45) is 17.8 Å². The normalized spacial score (nSPS) is 41.2. The van der Waals surface area contributed by atoms with Crippen LogP contribution in [0.1, 0.15) is 46.1 Å². The second-order valence-corrected chi connectivity index (χ2v) is 9.20. The third-order valence-corrected chi connectivity index (χ3v) is 6.84. The molecule has 2 fully saturated rings. The first-order chi connectivity index (χ1) is 14.8. The van der Waals surface area contributed by atoms with Crippen molar-refractivity contribution in [2.45, 2.75) is 90.1 Å². The molecule has 1 aromatic carbocycles. The fourth-order valence-corrected chi connectivity index (χ4v) is 4.82. The van der Waals surface area contributed by atoms with E-state index in [2.05, 4.69) is 13.8 Å². The van der Waals surface area contributed by atoms with E-state index in [9.17, 15) is 15.3 Å². The molecule has 10 atom stereocenters. The van der Waals surface area contributed by atoms with E-state index in [1.807, 2.05) is 31.2 Å². The van der Waals surface area contributed by atoms with Gasteiger partial charge in [0.15, 0.2) is 6.29 Å². The molecule has 0 radical (unpaired) electrons.